The number of carbonyl (C=O) groups is 1. The summed E-state index contributed by atoms with van der Waals surface area (Å²) < 4.78 is 57.2. The summed E-state index contributed by atoms with van der Waals surface area (Å²) in [5.41, 5.74) is 10.4. The predicted octanol–water partition coefficient (Wildman–Crippen LogP) is -0.523. The highest BCUT2D eigenvalue weighted by Gasteiger charge is 2.43. The molecule has 9 N–H and O–H groups in total. The molecule has 6 atom stereocenters. The minimum absolute atomic E-state index is 0.0615. The fourth-order valence-corrected chi connectivity index (χ4v) is 6.41. The average Bonchev–Trinajstić information content (AvgIpc) is 3.19. The van der Waals surface area contributed by atoms with Crippen molar-refractivity contribution in [2.45, 2.75) is 51.0 Å². The van der Waals surface area contributed by atoms with Gasteiger partial charge in [-0.1, -0.05) is 25.2 Å². The highest BCUT2D eigenvalue weighted by atomic mass is 31.3. The second-order valence-electron chi connectivity index (χ2n) is 8.64. The second kappa shape index (κ2) is 14.9. The smallest absolute Gasteiger partial charge is 0.452 e. The van der Waals surface area contributed by atoms with Crippen LogP contribution >= 0.6 is 23.5 Å². The topological polar surface area (TPSA) is 303 Å². The van der Waals surface area contributed by atoms with Crippen molar-refractivity contribution < 1.29 is 65.8 Å². The monoisotopic (exact) mass is 648 g/mol. The first-order chi connectivity index (χ1) is 18.9. The van der Waals surface area contributed by atoms with Crippen LogP contribution in [0.2, 0.25) is 0 Å². The Morgan fingerprint density at radius 2 is 1.90 bits per heavy atom. The Labute approximate surface area is 233 Å². The average molecular weight is 648 g/mol. The van der Waals surface area contributed by atoms with E-state index in [1.165, 1.54) is 6.20 Å². The van der Waals surface area contributed by atoms with E-state index in [2.05, 4.69) is 30.0 Å². The molecule has 0 radical (unpaired) electrons. The molecule has 0 aliphatic carbocycles. The summed E-state index contributed by atoms with van der Waals surface area (Å²) in [4.78, 5) is 64.0. The lowest BCUT2D eigenvalue weighted by Crippen LogP contribution is -2.29. The number of phosphoric acid groups is 3. The lowest BCUT2D eigenvalue weighted by atomic mass is 10.0. The molecule has 232 valence electrons. The Morgan fingerprint density at radius 1 is 1.22 bits per heavy atom. The summed E-state index contributed by atoms with van der Waals surface area (Å²) in [6.45, 7) is 1.05. The summed E-state index contributed by atoms with van der Waals surface area (Å²) in [5, 5.41) is 10.3. The zero-order valence-electron chi connectivity index (χ0n) is 21.5. The molecule has 0 spiro atoms. The first-order valence-electron chi connectivity index (χ1n) is 11.8. The first kappa shape index (κ1) is 35.2. The number of nitrogens with two attached hydrogens (primary N) is 2. The van der Waals surface area contributed by atoms with Gasteiger partial charge in [0.25, 0.3) is 0 Å². The van der Waals surface area contributed by atoms with Gasteiger partial charge < -0.3 is 45.6 Å². The van der Waals surface area contributed by atoms with Gasteiger partial charge in [0.05, 0.1) is 24.2 Å². The van der Waals surface area contributed by atoms with E-state index in [1.54, 1.807) is 6.92 Å². The third kappa shape index (κ3) is 12.0. The SMILES string of the molecule is CC(CCCCN)C(=O)OCC#Cc1cn([C@H]2C[C@@H](O)[C@@H](COP(=O)(O)OP(=O)(O)OP(=O)(O)O)O2)c(=O)nc1N. The number of anilines is 1. The Kier molecular flexibility index (Phi) is 12.8. The lowest BCUT2D eigenvalue weighted by molar-refractivity contribution is -0.146. The maximum atomic E-state index is 12.4. The number of carbonyl (C=O) groups excluding carboxylic acids is 1. The number of nitrogen functional groups attached to an aromatic ring is 1. The zero-order valence-corrected chi connectivity index (χ0v) is 24.2. The van der Waals surface area contributed by atoms with E-state index in [-0.39, 0.29) is 30.3 Å². The third-order valence-corrected chi connectivity index (χ3v) is 9.12. The van der Waals surface area contributed by atoms with Crippen LogP contribution in [0, 0.1) is 17.8 Å². The van der Waals surface area contributed by atoms with E-state index in [0.717, 1.165) is 17.4 Å². The van der Waals surface area contributed by atoms with E-state index in [1.807, 2.05) is 0 Å². The van der Waals surface area contributed by atoms with Crippen molar-refractivity contribution in [3.8, 4) is 11.8 Å². The van der Waals surface area contributed by atoms with Gasteiger partial charge in [-0.2, -0.15) is 13.6 Å². The molecule has 0 aromatic carbocycles. The van der Waals surface area contributed by atoms with Crippen LogP contribution in [0.4, 0.5) is 5.82 Å². The maximum Gasteiger partial charge on any atom is 0.490 e. The molecule has 1 aliphatic rings. The molecule has 1 aromatic heterocycles. The van der Waals surface area contributed by atoms with E-state index in [4.69, 9.17) is 30.7 Å². The summed E-state index contributed by atoms with van der Waals surface area (Å²) in [6.07, 6.45) is -0.852. The normalized spacial score (nSPS) is 22.7. The van der Waals surface area contributed by atoms with Gasteiger partial charge >= 0.3 is 35.1 Å². The minimum Gasteiger partial charge on any atom is -0.452 e. The largest absolute Gasteiger partial charge is 0.490 e. The molecule has 1 aromatic rings. The molecule has 3 unspecified atom stereocenters. The summed E-state index contributed by atoms with van der Waals surface area (Å²) in [7, 11) is -16.8. The highest BCUT2D eigenvalue weighted by Crippen LogP contribution is 2.66. The Bertz CT molecular complexity index is 1340. The number of hydrogen-bond acceptors (Lipinski definition) is 14. The maximum absolute atomic E-state index is 12.4. The van der Waals surface area contributed by atoms with E-state index >= 15 is 0 Å². The lowest BCUT2D eigenvalue weighted by Gasteiger charge is -2.19. The summed E-state index contributed by atoms with van der Waals surface area (Å²) in [6, 6.07) is 0. The Balaban J connectivity index is 2.02. The molecule has 22 heteroatoms. The highest BCUT2D eigenvalue weighted by molar-refractivity contribution is 7.66. The van der Waals surface area contributed by atoms with Crippen LogP contribution in [0.15, 0.2) is 11.0 Å². The fourth-order valence-electron chi connectivity index (χ4n) is 3.38. The number of aliphatic hydroxyl groups is 1. The molecule has 0 bridgehead atoms. The van der Waals surface area contributed by atoms with Gasteiger partial charge in [-0.15, -0.1) is 0 Å². The van der Waals surface area contributed by atoms with Gasteiger partial charge in [-0.3, -0.25) is 13.9 Å². The number of rotatable bonds is 14. The van der Waals surface area contributed by atoms with Crippen molar-refractivity contribution in [1.29, 1.82) is 0 Å². The number of nitrogens with zero attached hydrogens (tertiary/aromatic N) is 2. The van der Waals surface area contributed by atoms with Gasteiger partial charge in [0.15, 0.2) is 6.61 Å². The predicted molar refractivity (Wildman–Crippen MR) is 137 cm³/mol. The third-order valence-electron chi connectivity index (χ3n) is 5.32. The molecular weight excluding hydrogens is 617 g/mol. The molecule has 0 saturated carbocycles. The van der Waals surface area contributed by atoms with Crippen LogP contribution in [0.1, 0.15) is 44.4 Å². The summed E-state index contributed by atoms with van der Waals surface area (Å²) >= 11 is 0. The Hall–Kier alpha value is -2.00. The van der Waals surface area contributed by atoms with Gasteiger partial charge in [0, 0.05) is 12.6 Å². The van der Waals surface area contributed by atoms with Gasteiger partial charge in [0.1, 0.15) is 18.1 Å². The Morgan fingerprint density at radius 3 is 2.54 bits per heavy atom. The second-order valence-corrected chi connectivity index (χ2v) is 13.1. The van der Waals surface area contributed by atoms with Crippen LogP contribution in [0.5, 0.6) is 0 Å². The summed E-state index contributed by atoms with van der Waals surface area (Å²) in [5.74, 6) is 4.19. The van der Waals surface area contributed by atoms with Crippen molar-refractivity contribution in [3.05, 3.63) is 22.2 Å². The number of unbranched alkanes of at least 4 members (excludes halogenated alkanes) is 1. The molecule has 41 heavy (non-hydrogen) atoms. The molecule has 1 aliphatic heterocycles. The van der Waals surface area contributed by atoms with Crippen molar-refractivity contribution in [1.82, 2.24) is 9.55 Å². The number of aliphatic hydroxyl groups excluding tert-OH is 1. The molecule has 1 fully saturated rings. The minimum atomic E-state index is -5.73. The van der Waals surface area contributed by atoms with Gasteiger partial charge in [-0.05, 0) is 19.4 Å². The van der Waals surface area contributed by atoms with Crippen LogP contribution in [0.25, 0.3) is 0 Å². The molecule has 19 nitrogen and oxygen atoms in total. The van der Waals surface area contributed by atoms with Crippen LogP contribution in [-0.4, -0.2) is 72.2 Å². The molecule has 2 rings (SSSR count). The van der Waals surface area contributed by atoms with Crippen molar-refractivity contribution in [2.75, 3.05) is 25.5 Å². The molecule has 0 amide bonds. The van der Waals surface area contributed by atoms with E-state index in [9.17, 15) is 38.2 Å². The molecule has 1 saturated heterocycles. The van der Waals surface area contributed by atoms with E-state index < -0.39 is 60.2 Å². The number of hydrogen-bond donors (Lipinski definition) is 7. The number of esters is 1. The van der Waals surface area contributed by atoms with Crippen molar-refractivity contribution >= 4 is 35.3 Å². The zero-order chi connectivity index (χ0) is 31.0. The van der Waals surface area contributed by atoms with Gasteiger partial charge in [-0.25, -0.2) is 18.5 Å². The standard InChI is InChI=1S/C19H31N4O15P3/c1-12(5-2-3-7-20)18(25)34-8-4-6-13-10-23(19(26)22-17(13)21)16-9-14(24)15(36-16)11-35-40(30,31)38-41(32,33)37-39(27,28)29/h10,12,14-16,24H,2-3,5,7-9,11,20H2,1H3,(H,30,31)(H,32,33)(H2,21,22,26)(H2,27,28,29)/t12?,14-,15-,16-/m1/s1. The van der Waals surface area contributed by atoms with Crippen LogP contribution in [0.3, 0.4) is 0 Å². The quantitative estimate of drug-likeness (QED) is 0.0577. The number of aromatic nitrogens is 2. The molecule has 2 heterocycles. The van der Waals surface area contributed by atoms with E-state index in [0.29, 0.717) is 13.0 Å². The van der Waals surface area contributed by atoms with Crippen LogP contribution < -0.4 is 17.2 Å². The van der Waals surface area contributed by atoms with Crippen molar-refractivity contribution in [2.24, 2.45) is 11.7 Å². The fraction of sp³-hybridized carbons (Fsp3) is 0.632. The molecular formula is C19H31N4O15P3. The number of phosphoric ester groups is 1. The first-order valence-corrected chi connectivity index (χ1v) is 16.3. The van der Waals surface area contributed by atoms with Crippen LogP contribution in [-0.2, 0) is 41.1 Å². The number of ether oxygens (including phenoxy) is 2. The van der Waals surface area contributed by atoms with Crippen molar-refractivity contribution in [3.63, 3.8) is 0 Å². The van der Waals surface area contributed by atoms with Gasteiger partial charge in [0.2, 0.25) is 0 Å².